The zero-order valence-electron chi connectivity index (χ0n) is 28.3. The molecule has 7 rings (SSSR count). The molecule has 5 aromatic rings. The summed E-state index contributed by atoms with van der Waals surface area (Å²) in [6, 6.07) is 34.4. The summed E-state index contributed by atoms with van der Waals surface area (Å²) in [6.07, 6.45) is 4.74. The number of aryl methyl sites for hydroxylation is 1. The molecule has 0 aliphatic carbocycles. The van der Waals surface area contributed by atoms with Crippen molar-refractivity contribution in [3.8, 4) is 16.9 Å². The maximum atomic E-state index is 14.1. The lowest BCUT2D eigenvalue weighted by molar-refractivity contribution is -0.114. The van der Waals surface area contributed by atoms with Gasteiger partial charge in [0.15, 0.2) is 0 Å². The molecule has 0 N–H and O–H groups in total. The minimum atomic E-state index is -3.73. The number of amides is 1. The standard InChI is InChI=1S/C40H39N5O3S2/c1-28-17-19-35(20-18-28)49-27-38-37(40(46)45(41-38)34-14-8-5-9-15-34)23-32-26-44(33-12-6-4-7-13-33)42-39(32)31-11-10-16-36(22-31)50(47,48)43-24-29(2)21-30(3)25-43/h4-20,22-23,26,29-30H,21,24-25,27H2,1-3H3. The Balaban J connectivity index is 1.31. The largest absolute Gasteiger partial charge is 0.280 e. The van der Waals surface area contributed by atoms with Crippen molar-refractivity contribution in [1.82, 2.24) is 14.1 Å². The highest BCUT2D eigenvalue weighted by atomic mass is 32.2. The number of rotatable bonds is 9. The fourth-order valence-corrected chi connectivity index (χ4v) is 9.15. The van der Waals surface area contributed by atoms with Crippen LogP contribution in [0.4, 0.5) is 5.69 Å². The van der Waals surface area contributed by atoms with Crippen molar-refractivity contribution >= 4 is 45.2 Å². The van der Waals surface area contributed by atoms with E-state index in [1.807, 2.05) is 79.0 Å². The lowest BCUT2D eigenvalue weighted by Gasteiger charge is -2.34. The van der Waals surface area contributed by atoms with E-state index in [1.165, 1.54) is 10.6 Å². The third-order valence-corrected chi connectivity index (χ3v) is 11.8. The summed E-state index contributed by atoms with van der Waals surface area (Å²) in [5.74, 6) is 0.817. The van der Waals surface area contributed by atoms with Crippen LogP contribution in [-0.4, -0.2) is 53.0 Å². The highest BCUT2D eigenvalue weighted by molar-refractivity contribution is 8.00. The van der Waals surface area contributed by atoms with E-state index in [2.05, 4.69) is 45.0 Å². The smallest absolute Gasteiger partial charge is 0.267 e. The van der Waals surface area contributed by atoms with Crippen molar-refractivity contribution in [2.45, 2.75) is 37.0 Å². The van der Waals surface area contributed by atoms with Crippen LogP contribution in [0.3, 0.4) is 0 Å². The first-order valence-corrected chi connectivity index (χ1v) is 19.2. The quantitative estimate of drug-likeness (QED) is 0.115. The van der Waals surface area contributed by atoms with Gasteiger partial charge in [-0.1, -0.05) is 80.1 Å². The van der Waals surface area contributed by atoms with Crippen LogP contribution in [0.25, 0.3) is 23.0 Å². The molecule has 2 unspecified atom stereocenters. The first-order valence-electron chi connectivity index (χ1n) is 16.8. The molecule has 2 atom stereocenters. The Hall–Kier alpha value is -4.77. The molecular formula is C40H39N5O3S2. The lowest BCUT2D eigenvalue weighted by atomic mass is 9.94. The first-order chi connectivity index (χ1) is 24.2. The van der Waals surface area contributed by atoms with E-state index in [9.17, 15) is 13.2 Å². The molecule has 0 spiro atoms. The van der Waals surface area contributed by atoms with E-state index in [4.69, 9.17) is 10.2 Å². The van der Waals surface area contributed by atoms with Gasteiger partial charge in [0.25, 0.3) is 5.91 Å². The van der Waals surface area contributed by atoms with Gasteiger partial charge in [-0.3, -0.25) is 4.79 Å². The molecule has 254 valence electrons. The van der Waals surface area contributed by atoms with E-state index in [0.717, 1.165) is 17.0 Å². The number of benzene rings is 4. The fraction of sp³-hybridized carbons (Fsp3) is 0.225. The van der Waals surface area contributed by atoms with Crippen LogP contribution >= 0.6 is 11.8 Å². The highest BCUT2D eigenvalue weighted by Gasteiger charge is 2.33. The maximum Gasteiger partial charge on any atom is 0.280 e. The van der Waals surface area contributed by atoms with Crippen LogP contribution in [0.1, 0.15) is 31.4 Å². The van der Waals surface area contributed by atoms with Crippen LogP contribution in [0.15, 0.2) is 136 Å². The molecule has 3 heterocycles. The third-order valence-electron chi connectivity index (χ3n) is 9.00. The van der Waals surface area contributed by atoms with Gasteiger partial charge in [-0.25, -0.2) is 13.1 Å². The number of carbonyl (C=O) groups excluding carboxylic acids is 1. The molecule has 1 aromatic heterocycles. The molecule has 0 saturated carbocycles. The number of hydrogen-bond acceptors (Lipinski definition) is 6. The molecule has 1 fully saturated rings. The van der Waals surface area contributed by atoms with E-state index >= 15 is 0 Å². The second-order valence-electron chi connectivity index (χ2n) is 13.2. The maximum absolute atomic E-state index is 14.1. The van der Waals surface area contributed by atoms with Crippen molar-refractivity contribution in [3.63, 3.8) is 0 Å². The molecule has 10 heteroatoms. The van der Waals surface area contributed by atoms with Crippen molar-refractivity contribution in [2.24, 2.45) is 16.9 Å². The van der Waals surface area contributed by atoms with E-state index in [-0.39, 0.29) is 22.6 Å². The van der Waals surface area contributed by atoms with Gasteiger partial charge in [-0.15, -0.1) is 11.8 Å². The second-order valence-corrected chi connectivity index (χ2v) is 16.2. The van der Waals surface area contributed by atoms with Gasteiger partial charge in [-0.2, -0.15) is 19.5 Å². The molecule has 1 saturated heterocycles. The topological polar surface area (TPSA) is 87.9 Å². The number of hydrazone groups is 1. The number of hydrogen-bond donors (Lipinski definition) is 0. The van der Waals surface area contributed by atoms with Gasteiger partial charge in [0.05, 0.1) is 27.6 Å². The minimum absolute atomic E-state index is 0.230. The summed E-state index contributed by atoms with van der Waals surface area (Å²) in [5, 5.41) is 11.3. The first kappa shape index (κ1) is 33.7. The number of piperidine rings is 1. The Kier molecular flexibility index (Phi) is 9.59. The molecule has 0 radical (unpaired) electrons. The van der Waals surface area contributed by atoms with Crippen LogP contribution in [0.5, 0.6) is 0 Å². The second kappa shape index (κ2) is 14.2. The summed E-state index contributed by atoms with van der Waals surface area (Å²) in [4.78, 5) is 15.4. The van der Waals surface area contributed by atoms with Crippen molar-refractivity contribution in [2.75, 3.05) is 23.9 Å². The Morgan fingerprint density at radius 2 is 1.50 bits per heavy atom. The van der Waals surface area contributed by atoms with Gasteiger partial charge in [0.1, 0.15) is 5.69 Å². The minimum Gasteiger partial charge on any atom is -0.267 e. The normalized spacial score (nSPS) is 19.3. The van der Waals surface area contributed by atoms with Crippen molar-refractivity contribution in [1.29, 1.82) is 0 Å². The van der Waals surface area contributed by atoms with Gasteiger partial charge in [-0.05, 0) is 79.8 Å². The monoisotopic (exact) mass is 701 g/mol. The summed E-state index contributed by atoms with van der Waals surface area (Å²) in [7, 11) is -3.73. The Morgan fingerprint density at radius 3 is 2.18 bits per heavy atom. The van der Waals surface area contributed by atoms with Crippen LogP contribution in [-0.2, 0) is 14.8 Å². The van der Waals surface area contributed by atoms with Crippen molar-refractivity contribution < 1.29 is 13.2 Å². The lowest BCUT2D eigenvalue weighted by Crippen LogP contribution is -2.42. The van der Waals surface area contributed by atoms with Crippen LogP contribution < -0.4 is 5.01 Å². The third kappa shape index (κ3) is 7.10. The van der Waals surface area contributed by atoms with Crippen molar-refractivity contribution in [3.05, 3.63) is 132 Å². The Labute approximate surface area is 298 Å². The number of nitrogens with zero attached hydrogens (tertiary/aromatic N) is 5. The van der Waals surface area contributed by atoms with E-state index < -0.39 is 10.0 Å². The van der Waals surface area contributed by atoms with Crippen LogP contribution in [0, 0.1) is 18.8 Å². The van der Waals surface area contributed by atoms with E-state index in [0.29, 0.717) is 52.6 Å². The predicted molar refractivity (Wildman–Crippen MR) is 202 cm³/mol. The average molecular weight is 702 g/mol. The van der Waals surface area contributed by atoms with Gasteiger partial charge < -0.3 is 0 Å². The summed E-state index contributed by atoms with van der Waals surface area (Å²) in [5.41, 5.74) is 5.69. The average Bonchev–Trinajstić information content (AvgIpc) is 3.69. The van der Waals surface area contributed by atoms with Gasteiger partial charge in [0.2, 0.25) is 10.0 Å². The molecule has 8 nitrogen and oxygen atoms in total. The number of carbonyl (C=O) groups is 1. The van der Waals surface area contributed by atoms with Gasteiger partial charge in [0, 0.05) is 41.1 Å². The molecule has 0 bridgehead atoms. The fourth-order valence-electron chi connectivity index (χ4n) is 6.58. The molecule has 4 aromatic carbocycles. The van der Waals surface area contributed by atoms with Gasteiger partial charge >= 0.3 is 0 Å². The molecule has 2 aliphatic rings. The number of aromatic nitrogens is 2. The summed E-state index contributed by atoms with van der Waals surface area (Å²) >= 11 is 1.62. The summed E-state index contributed by atoms with van der Waals surface area (Å²) < 4.78 is 31.3. The SMILES string of the molecule is Cc1ccc(SCC2=NN(c3ccccc3)C(=O)C2=Cc2cn(-c3ccccc3)nc2-c2cccc(S(=O)(=O)N3CC(C)CC(C)C3)c2)cc1. The Morgan fingerprint density at radius 1 is 0.840 bits per heavy atom. The van der Waals surface area contributed by atoms with Crippen LogP contribution in [0.2, 0.25) is 0 Å². The summed E-state index contributed by atoms with van der Waals surface area (Å²) in [6.45, 7) is 7.26. The number of para-hydroxylation sites is 2. The number of thioether (sulfide) groups is 1. The zero-order chi connectivity index (χ0) is 34.8. The number of sulfonamides is 1. The molecule has 50 heavy (non-hydrogen) atoms. The highest BCUT2D eigenvalue weighted by Crippen LogP contribution is 2.33. The molecular weight excluding hydrogens is 663 g/mol. The molecule has 1 amide bonds. The molecule has 2 aliphatic heterocycles. The van der Waals surface area contributed by atoms with E-state index in [1.54, 1.807) is 38.9 Å². The Bertz CT molecular complexity index is 2170. The number of anilines is 1. The zero-order valence-corrected chi connectivity index (χ0v) is 29.9. The predicted octanol–water partition coefficient (Wildman–Crippen LogP) is 8.09.